The third-order valence-electron chi connectivity index (χ3n) is 3.24. The minimum absolute atomic E-state index is 0.416. The zero-order valence-electron chi connectivity index (χ0n) is 10.8. The van der Waals surface area contributed by atoms with Gasteiger partial charge in [0, 0.05) is 19.3 Å². The molecule has 1 heterocycles. The maximum absolute atomic E-state index is 9.61. The Morgan fingerprint density at radius 1 is 1.53 bits per heavy atom. The molecule has 0 radical (unpaired) electrons. The molecule has 3 heteroatoms. The maximum atomic E-state index is 9.61. The fourth-order valence-electron chi connectivity index (χ4n) is 2.05. The van der Waals surface area contributed by atoms with Crippen molar-refractivity contribution in [3.8, 4) is 0 Å². The molecule has 0 saturated heterocycles. The normalized spacial score (nSPS) is 16.9. The summed E-state index contributed by atoms with van der Waals surface area (Å²) >= 11 is 0. The molecule has 3 nitrogen and oxygen atoms in total. The van der Waals surface area contributed by atoms with Gasteiger partial charge in [-0.25, -0.2) is 4.98 Å². The van der Waals surface area contributed by atoms with Gasteiger partial charge in [0.1, 0.15) is 5.82 Å². The lowest BCUT2D eigenvalue weighted by Gasteiger charge is -2.23. The van der Waals surface area contributed by atoms with E-state index in [9.17, 15) is 5.11 Å². The number of nitrogens with zero attached hydrogens (tertiary/aromatic N) is 2. The lowest BCUT2D eigenvalue weighted by Crippen LogP contribution is -2.27. The molecule has 1 fully saturated rings. The molecule has 0 aliphatic heterocycles. The highest BCUT2D eigenvalue weighted by Gasteiger charge is 2.24. The van der Waals surface area contributed by atoms with E-state index in [0.717, 1.165) is 36.8 Å². The van der Waals surface area contributed by atoms with E-state index >= 15 is 0 Å². The second kappa shape index (κ2) is 5.50. The Kier molecular flexibility index (Phi) is 4.00. The molecule has 1 unspecified atom stereocenters. The number of aliphatic hydroxyl groups is 1. The van der Waals surface area contributed by atoms with E-state index < -0.39 is 6.10 Å². The second-order valence-electron chi connectivity index (χ2n) is 5.01. The SMILES string of the molecule is CCCN(CC1CC1)c1cc(C(C)O)ccn1. The van der Waals surface area contributed by atoms with Crippen LogP contribution in [0, 0.1) is 5.92 Å². The van der Waals surface area contributed by atoms with Crippen molar-refractivity contribution in [2.45, 2.75) is 39.2 Å². The molecule has 1 saturated carbocycles. The van der Waals surface area contributed by atoms with Crippen molar-refractivity contribution in [3.63, 3.8) is 0 Å². The highest BCUT2D eigenvalue weighted by Crippen LogP contribution is 2.31. The summed E-state index contributed by atoms with van der Waals surface area (Å²) in [6, 6.07) is 3.90. The van der Waals surface area contributed by atoms with Crippen LogP contribution in [-0.4, -0.2) is 23.2 Å². The molecule has 94 valence electrons. The van der Waals surface area contributed by atoms with E-state index in [0.29, 0.717) is 0 Å². The molecule has 2 rings (SSSR count). The average molecular weight is 234 g/mol. The molecule has 0 spiro atoms. The van der Waals surface area contributed by atoms with E-state index in [1.807, 2.05) is 12.1 Å². The van der Waals surface area contributed by atoms with Gasteiger partial charge in [0.25, 0.3) is 0 Å². The molecule has 1 aliphatic rings. The Morgan fingerprint density at radius 3 is 2.88 bits per heavy atom. The third kappa shape index (κ3) is 3.43. The van der Waals surface area contributed by atoms with Crippen molar-refractivity contribution in [1.82, 2.24) is 4.98 Å². The van der Waals surface area contributed by atoms with Crippen LogP contribution in [0.25, 0.3) is 0 Å². The lowest BCUT2D eigenvalue weighted by atomic mass is 10.1. The monoisotopic (exact) mass is 234 g/mol. The van der Waals surface area contributed by atoms with Crippen LogP contribution in [0.4, 0.5) is 5.82 Å². The number of hydrogen-bond acceptors (Lipinski definition) is 3. The van der Waals surface area contributed by atoms with Crippen LogP contribution in [0.1, 0.15) is 44.8 Å². The quantitative estimate of drug-likeness (QED) is 0.822. The summed E-state index contributed by atoms with van der Waals surface area (Å²) in [7, 11) is 0. The smallest absolute Gasteiger partial charge is 0.128 e. The van der Waals surface area contributed by atoms with Crippen LogP contribution in [0.15, 0.2) is 18.3 Å². The first-order chi connectivity index (χ1) is 8.20. The van der Waals surface area contributed by atoms with Crippen LogP contribution in [0.3, 0.4) is 0 Å². The minimum Gasteiger partial charge on any atom is -0.389 e. The molecule has 0 aromatic carbocycles. The molecule has 1 aromatic rings. The van der Waals surface area contributed by atoms with E-state index in [1.54, 1.807) is 13.1 Å². The molecule has 0 bridgehead atoms. The number of aliphatic hydroxyl groups excluding tert-OH is 1. The fraction of sp³-hybridized carbons (Fsp3) is 0.643. The van der Waals surface area contributed by atoms with Crippen LogP contribution in [-0.2, 0) is 0 Å². The first kappa shape index (κ1) is 12.4. The number of rotatable bonds is 6. The largest absolute Gasteiger partial charge is 0.389 e. The highest BCUT2D eigenvalue weighted by molar-refractivity contribution is 5.41. The van der Waals surface area contributed by atoms with Crippen LogP contribution >= 0.6 is 0 Å². The van der Waals surface area contributed by atoms with Gasteiger partial charge in [-0.15, -0.1) is 0 Å². The van der Waals surface area contributed by atoms with Gasteiger partial charge in [-0.2, -0.15) is 0 Å². The van der Waals surface area contributed by atoms with E-state index in [-0.39, 0.29) is 0 Å². The average Bonchev–Trinajstić information content (AvgIpc) is 3.12. The summed E-state index contributed by atoms with van der Waals surface area (Å²) < 4.78 is 0. The maximum Gasteiger partial charge on any atom is 0.128 e. The molecular formula is C14H22N2O. The van der Waals surface area contributed by atoms with Gasteiger partial charge in [-0.05, 0) is 49.8 Å². The molecule has 1 aliphatic carbocycles. The molecular weight excluding hydrogens is 212 g/mol. The Morgan fingerprint density at radius 2 is 2.29 bits per heavy atom. The van der Waals surface area contributed by atoms with Gasteiger partial charge in [-0.1, -0.05) is 6.92 Å². The number of hydrogen-bond donors (Lipinski definition) is 1. The van der Waals surface area contributed by atoms with E-state index in [2.05, 4.69) is 16.8 Å². The first-order valence-electron chi connectivity index (χ1n) is 6.59. The Hall–Kier alpha value is -1.09. The fourth-order valence-corrected chi connectivity index (χ4v) is 2.05. The van der Waals surface area contributed by atoms with Gasteiger partial charge >= 0.3 is 0 Å². The Balaban J connectivity index is 2.12. The van der Waals surface area contributed by atoms with Crippen molar-refractivity contribution in [2.24, 2.45) is 5.92 Å². The van der Waals surface area contributed by atoms with Crippen molar-refractivity contribution >= 4 is 5.82 Å². The molecule has 1 N–H and O–H groups in total. The standard InChI is InChI=1S/C14H22N2O/c1-3-8-16(10-12-4-5-12)14-9-13(11(2)17)6-7-15-14/h6-7,9,11-12,17H,3-5,8,10H2,1-2H3. The zero-order chi connectivity index (χ0) is 12.3. The number of anilines is 1. The lowest BCUT2D eigenvalue weighted by molar-refractivity contribution is 0.199. The molecule has 1 aromatic heterocycles. The molecule has 0 amide bonds. The minimum atomic E-state index is -0.416. The van der Waals surface area contributed by atoms with Crippen LogP contribution in [0.5, 0.6) is 0 Å². The Bertz CT molecular complexity index is 361. The van der Waals surface area contributed by atoms with E-state index in [4.69, 9.17) is 0 Å². The summed E-state index contributed by atoms with van der Waals surface area (Å²) in [6.07, 6.45) is 5.23. The van der Waals surface area contributed by atoms with Crippen molar-refractivity contribution < 1.29 is 5.11 Å². The summed E-state index contributed by atoms with van der Waals surface area (Å²) in [5, 5.41) is 9.61. The zero-order valence-corrected chi connectivity index (χ0v) is 10.8. The number of aromatic nitrogens is 1. The van der Waals surface area contributed by atoms with Gasteiger partial charge in [-0.3, -0.25) is 0 Å². The third-order valence-corrected chi connectivity index (χ3v) is 3.24. The second-order valence-corrected chi connectivity index (χ2v) is 5.01. The van der Waals surface area contributed by atoms with Crippen molar-refractivity contribution in [2.75, 3.05) is 18.0 Å². The predicted octanol–water partition coefficient (Wildman–Crippen LogP) is 2.76. The van der Waals surface area contributed by atoms with Crippen molar-refractivity contribution in [1.29, 1.82) is 0 Å². The van der Waals surface area contributed by atoms with Gasteiger partial charge in [0.15, 0.2) is 0 Å². The molecule has 1 atom stereocenters. The Labute approximate surface area is 103 Å². The van der Waals surface area contributed by atoms with Gasteiger partial charge in [0.05, 0.1) is 6.10 Å². The van der Waals surface area contributed by atoms with Crippen LogP contribution in [0.2, 0.25) is 0 Å². The summed E-state index contributed by atoms with van der Waals surface area (Å²) in [5.41, 5.74) is 0.951. The van der Waals surface area contributed by atoms with Crippen molar-refractivity contribution in [3.05, 3.63) is 23.9 Å². The highest BCUT2D eigenvalue weighted by atomic mass is 16.3. The summed E-state index contributed by atoms with van der Waals surface area (Å²) in [6.45, 7) is 6.15. The first-order valence-corrected chi connectivity index (χ1v) is 6.59. The van der Waals surface area contributed by atoms with Crippen LogP contribution < -0.4 is 4.90 Å². The number of pyridine rings is 1. The molecule has 17 heavy (non-hydrogen) atoms. The van der Waals surface area contributed by atoms with Gasteiger partial charge < -0.3 is 10.0 Å². The van der Waals surface area contributed by atoms with Gasteiger partial charge in [0.2, 0.25) is 0 Å². The predicted molar refractivity (Wildman–Crippen MR) is 70.1 cm³/mol. The topological polar surface area (TPSA) is 36.4 Å². The summed E-state index contributed by atoms with van der Waals surface area (Å²) in [5.74, 6) is 1.87. The van der Waals surface area contributed by atoms with E-state index in [1.165, 1.54) is 12.8 Å². The summed E-state index contributed by atoms with van der Waals surface area (Å²) in [4.78, 5) is 6.79.